The third-order valence-corrected chi connectivity index (χ3v) is 8.35. The molecule has 1 aliphatic rings. The van der Waals surface area contributed by atoms with Crippen molar-refractivity contribution in [1.29, 1.82) is 0 Å². The fraction of sp³-hybridized carbons (Fsp3) is 0.647. The van der Waals surface area contributed by atoms with Gasteiger partial charge in [-0.15, -0.1) is 0 Å². The van der Waals surface area contributed by atoms with Gasteiger partial charge in [0.25, 0.3) is 10.2 Å². The average molecular weight is 389 g/mol. The van der Waals surface area contributed by atoms with Gasteiger partial charge in [-0.2, -0.15) is 17.0 Å². The number of hydrogen-bond donors (Lipinski definition) is 0. The number of nitrogens with zero attached hydrogens (tertiary/aromatic N) is 2. The van der Waals surface area contributed by atoms with E-state index in [0.717, 1.165) is 37.5 Å². The summed E-state index contributed by atoms with van der Waals surface area (Å²) in [6.07, 6.45) is 6.26. The van der Waals surface area contributed by atoms with Crippen LogP contribution in [0.2, 0.25) is 0 Å². The van der Waals surface area contributed by atoms with Crippen molar-refractivity contribution in [3.63, 3.8) is 0 Å². The molecule has 2 rings (SSSR count). The molecular weight excluding hydrogens is 360 g/mol. The Balaban J connectivity index is 2.18. The first-order valence-corrected chi connectivity index (χ1v) is 11.8. The topological polar surface area (TPSA) is 74.8 Å². The van der Waals surface area contributed by atoms with Crippen LogP contribution < -0.4 is 0 Å². The van der Waals surface area contributed by atoms with Gasteiger partial charge in [0, 0.05) is 32.4 Å². The standard InChI is InChI=1S/C17H28N2O4S2/c1-14(15-10-12-17(13-11-15)24(4,20)21)18(2)25(22,23)19(3)16-8-6-5-7-9-16/h10-14,16H,5-9H2,1-4H3/t14-/m1/s1. The van der Waals surface area contributed by atoms with Gasteiger partial charge in [0.05, 0.1) is 4.90 Å². The maximum absolute atomic E-state index is 12.9. The minimum absolute atomic E-state index is 0.0565. The molecule has 0 spiro atoms. The fourth-order valence-electron chi connectivity index (χ4n) is 3.24. The third-order valence-electron chi connectivity index (χ3n) is 5.15. The Morgan fingerprint density at radius 2 is 1.48 bits per heavy atom. The summed E-state index contributed by atoms with van der Waals surface area (Å²) in [6, 6.07) is 6.06. The highest BCUT2D eigenvalue weighted by Crippen LogP contribution is 2.28. The maximum atomic E-state index is 12.9. The molecule has 1 aliphatic carbocycles. The average Bonchev–Trinajstić information content (AvgIpc) is 2.59. The molecule has 1 saturated carbocycles. The quantitative estimate of drug-likeness (QED) is 0.751. The number of rotatable bonds is 6. The molecule has 0 radical (unpaired) electrons. The summed E-state index contributed by atoms with van der Waals surface area (Å²) < 4.78 is 51.8. The molecule has 0 bridgehead atoms. The molecule has 0 aliphatic heterocycles. The predicted octanol–water partition coefficient (Wildman–Crippen LogP) is 2.59. The largest absolute Gasteiger partial charge is 0.282 e. The second-order valence-electron chi connectivity index (χ2n) is 6.85. The zero-order chi connectivity index (χ0) is 18.8. The minimum Gasteiger partial charge on any atom is -0.224 e. The van der Waals surface area contributed by atoms with Crippen molar-refractivity contribution in [1.82, 2.24) is 8.61 Å². The summed E-state index contributed by atoms with van der Waals surface area (Å²) in [7, 11) is -3.61. The number of sulfone groups is 1. The van der Waals surface area contributed by atoms with Gasteiger partial charge in [-0.25, -0.2) is 8.42 Å². The molecule has 0 saturated heterocycles. The molecule has 1 aromatic rings. The monoisotopic (exact) mass is 388 g/mol. The summed E-state index contributed by atoms with van der Waals surface area (Å²) in [6.45, 7) is 1.81. The first-order valence-electron chi connectivity index (χ1n) is 8.56. The first kappa shape index (κ1) is 20.4. The van der Waals surface area contributed by atoms with Gasteiger partial charge in [-0.1, -0.05) is 31.4 Å². The van der Waals surface area contributed by atoms with Gasteiger partial charge >= 0.3 is 0 Å². The Morgan fingerprint density at radius 3 is 1.96 bits per heavy atom. The summed E-state index contributed by atoms with van der Waals surface area (Å²) >= 11 is 0. The van der Waals surface area contributed by atoms with Crippen LogP contribution in [0.4, 0.5) is 0 Å². The molecule has 1 atom stereocenters. The Labute approximate surface area is 151 Å². The van der Waals surface area contributed by atoms with Crippen LogP contribution in [-0.4, -0.2) is 51.8 Å². The van der Waals surface area contributed by atoms with E-state index in [0.29, 0.717) is 0 Å². The highest BCUT2D eigenvalue weighted by molar-refractivity contribution is 7.90. The highest BCUT2D eigenvalue weighted by Gasteiger charge is 2.33. The zero-order valence-corrected chi connectivity index (χ0v) is 17.0. The molecule has 8 heteroatoms. The molecule has 0 amide bonds. The zero-order valence-electron chi connectivity index (χ0n) is 15.3. The molecular formula is C17H28N2O4S2. The van der Waals surface area contributed by atoms with Crippen molar-refractivity contribution in [3.8, 4) is 0 Å². The van der Waals surface area contributed by atoms with Gasteiger partial charge in [0.1, 0.15) is 0 Å². The molecule has 0 unspecified atom stereocenters. The summed E-state index contributed by atoms with van der Waals surface area (Å²) in [5, 5.41) is 0. The van der Waals surface area contributed by atoms with Crippen molar-refractivity contribution in [3.05, 3.63) is 29.8 Å². The Morgan fingerprint density at radius 1 is 0.960 bits per heavy atom. The third kappa shape index (κ3) is 4.61. The van der Waals surface area contributed by atoms with Crippen molar-refractivity contribution in [2.45, 2.75) is 56.0 Å². The van der Waals surface area contributed by atoms with E-state index in [1.807, 2.05) is 6.92 Å². The SMILES string of the molecule is C[C@H](c1ccc(S(C)(=O)=O)cc1)N(C)S(=O)(=O)N(C)C1CCCCC1. The van der Waals surface area contributed by atoms with Crippen molar-refractivity contribution in [2.75, 3.05) is 20.4 Å². The normalized spacial score (nSPS) is 18.6. The smallest absolute Gasteiger partial charge is 0.224 e. The Bertz CT molecular complexity index is 782. The minimum atomic E-state index is -3.58. The fourth-order valence-corrected chi connectivity index (χ4v) is 5.39. The van der Waals surface area contributed by atoms with E-state index < -0.39 is 20.0 Å². The molecule has 0 aromatic heterocycles. The summed E-state index contributed by atoms with van der Waals surface area (Å²) in [5.74, 6) is 0. The summed E-state index contributed by atoms with van der Waals surface area (Å²) in [5.41, 5.74) is 0.760. The lowest BCUT2D eigenvalue weighted by Gasteiger charge is -2.35. The van der Waals surface area contributed by atoms with Gasteiger partial charge < -0.3 is 0 Å². The predicted molar refractivity (Wildman–Crippen MR) is 99.3 cm³/mol. The van der Waals surface area contributed by atoms with Crippen LogP contribution in [0, 0.1) is 0 Å². The van der Waals surface area contributed by atoms with Crippen LogP contribution in [-0.2, 0) is 20.0 Å². The first-order chi connectivity index (χ1) is 11.5. The lowest BCUT2D eigenvalue weighted by molar-refractivity contribution is 0.260. The van der Waals surface area contributed by atoms with Crippen molar-refractivity contribution in [2.24, 2.45) is 0 Å². The van der Waals surface area contributed by atoms with E-state index in [2.05, 4.69) is 0 Å². The van der Waals surface area contributed by atoms with E-state index >= 15 is 0 Å². The van der Waals surface area contributed by atoms with Crippen LogP contribution in [0.5, 0.6) is 0 Å². The van der Waals surface area contributed by atoms with Crippen LogP contribution >= 0.6 is 0 Å². The van der Waals surface area contributed by atoms with Crippen molar-refractivity contribution >= 4 is 20.0 Å². The highest BCUT2D eigenvalue weighted by atomic mass is 32.2. The molecule has 6 nitrogen and oxygen atoms in total. The Hall–Kier alpha value is -0.960. The molecule has 1 fully saturated rings. The molecule has 0 heterocycles. The van der Waals surface area contributed by atoms with Gasteiger partial charge in [0.15, 0.2) is 9.84 Å². The van der Waals surface area contributed by atoms with Crippen molar-refractivity contribution < 1.29 is 16.8 Å². The maximum Gasteiger partial charge on any atom is 0.282 e. The molecule has 0 N–H and O–H groups in total. The van der Waals surface area contributed by atoms with Crippen LogP contribution in [0.15, 0.2) is 29.2 Å². The molecule has 25 heavy (non-hydrogen) atoms. The number of hydrogen-bond acceptors (Lipinski definition) is 4. The van der Waals surface area contributed by atoms with E-state index in [1.54, 1.807) is 26.2 Å². The molecule has 1 aromatic carbocycles. The number of benzene rings is 1. The van der Waals surface area contributed by atoms with Crippen LogP contribution in [0.25, 0.3) is 0 Å². The van der Waals surface area contributed by atoms with Gasteiger partial charge in [-0.3, -0.25) is 0 Å². The van der Waals surface area contributed by atoms with Crippen LogP contribution in [0.3, 0.4) is 0 Å². The van der Waals surface area contributed by atoms with E-state index in [9.17, 15) is 16.8 Å². The van der Waals surface area contributed by atoms with Gasteiger partial charge in [0.2, 0.25) is 0 Å². The second kappa shape index (κ2) is 7.73. The second-order valence-corrected chi connectivity index (χ2v) is 10.9. The van der Waals surface area contributed by atoms with E-state index in [1.165, 1.54) is 27.2 Å². The summed E-state index contributed by atoms with van der Waals surface area (Å²) in [4.78, 5) is 0.230. The molecule has 142 valence electrons. The lowest BCUT2D eigenvalue weighted by atomic mass is 9.96. The van der Waals surface area contributed by atoms with Gasteiger partial charge in [-0.05, 0) is 37.5 Å². The Kier molecular flexibility index (Phi) is 6.30. The lowest BCUT2D eigenvalue weighted by Crippen LogP contribution is -2.46. The van der Waals surface area contributed by atoms with E-state index in [4.69, 9.17) is 0 Å². The van der Waals surface area contributed by atoms with Crippen LogP contribution in [0.1, 0.15) is 50.6 Å². The van der Waals surface area contributed by atoms with E-state index in [-0.39, 0.29) is 17.0 Å².